The van der Waals surface area contributed by atoms with E-state index in [0.29, 0.717) is 12.3 Å². The van der Waals surface area contributed by atoms with Crippen molar-refractivity contribution in [1.82, 2.24) is 10.2 Å². The number of nitrogens with two attached hydrogens (primary N) is 1. The Morgan fingerprint density at radius 2 is 1.95 bits per heavy atom. The third-order valence-electron chi connectivity index (χ3n) is 2.95. The molecule has 1 unspecified atom stereocenters. The predicted molar refractivity (Wildman–Crippen MR) is 83.5 cm³/mol. The van der Waals surface area contributed by atoms with Crippen molar-refractivity contribution >= 4 is 24.2 Å². The molecule has 0 radical (unpaired) electrons. The number of halogens is 1. The maximum Gasteiger partial charge on any atom is 0.258 e. The number of benzene rings is 1. The molecule has 7 heteroatoms. The van der Waals surface area contributed by atoms with Gasteiger partial charge in [0.25, 0.3) is 5.91 Å². The van der Waals surface area contributed by atoms with Crippen LogP contribution in [0.15, 0.2) is 30.3 Å². The third-order valence-corrected chi connectivity index (χ3v) is 2.95. The largest absolute Gasteiger partial charge is 0.484 e. The van der Waals surface area contributed by atoms with E-state index in [2.05, 4.69) is 5.32 Å². The summed E-state index contributed by atoms with van der Waals surface area (Å²) >= 11 is 0. The van der Waals surface area contributed by atoms with E-state index >= 15 is 0 Å². The molecule has 1 aromatic rings. The molecule has 2 amide bonds. The lowest BCUT2D eigenvalue weighted by molar-refractivity contribution is -0.133. The van der Waals surface area contributed by atoms with Gasteiger partial charge in [-0.3, -0.25) is 9.59 Å². The van der Waals surface area contributed by atoms with Crippen LogP contribution in [0.4, 0.5) is 0 Å². The second-order valence-electron chi connectivity index (χ2n) is 4.47. The first kappa shape index (κ1) is 19.2. The molecule has 0 aliphatic rings. The molecule has 1 aromatic carbocycles. The number of amides is 2. The maximum atomic E-state index is 11.7. The summed E-state index contributed by atoms with van der Waals surface area (Å²) < 4.78 is 5.27. The number of nitrogens with one attached hydrogen (secondary N) is 1. The van der Waals surface area contributed by atoms with Gasteiger partial charge in [0.2, 0.25) is 5.91 Å². The van der Waals surface area contributed by atoms with E-state index in [4.69, 9.17) is 10.5 Å². The number of carbonyl (C=O) groups excluding carboxylic acids is 2. The van der Waals surface area contributed by atoms with Gasteiger partial charge < -0.3 is 20.7 Å². The van der Waals surface area contributed by atoms with Crippen LogP contribution in [0.25, 0.3) is 0 Å². The molecular formula is C14H22ClN3O3. The highest BCUT2D eigenvalue weighted by molar-refractivity contribution is 5.85. The molecule has 0 fully saturated rings. The minimum atomic E-state index is -0.337. The SMILES string of the molecule is CC(CN)N(C)C(=O)CNC(=O)COc1ccccc1.Cl. The van der Waals surface area contributed by atoms with E-state index in [9.17, 15) is 9.59 Å². The monoisotopic (exact) mass is 315 g/mol. The highest BCUT2D eigenvalue weighted by Crippen LogP contribution is 2.07. The van der Waals surface area contributed by atoms with Gasteiger partial charge in [-0.1, -0.05) is 18.2 Å². The lowest BCUT2D eigenvalue weighted by Gasteiger charge is -2.23. The van der Waals surface area contributed by atoms with E-state index in [1.165, 1.54) is 4.90 Å². The smallest absolute Gasteiger partial charge is 0.258 e. The van der Waals surface area contributed by atoms with Crippen molar-refractivity contribution in [2.24, 2.45) is 5.73 Å². The fraction of sp³-hybridized carbons (Fsp3) is 0.429. The van der Waals surface area contributed by atoms with Gasteiger partial charge >= 0.3 is 0 Å². The molecule has 0 saturated heterocycles. The van der Waals surface area contributed by atoms with E-state index in [1.54, 1.807) is 19.2 Å². The van der Waals surface area contributed by atoms with Crippen LogP contribution in [-0.2, 0) is 9.59 Å². The summed E-state index contributed by atoms with van der Waals surface area (Å²) in [5, 5.41) is 2.52. The summed E-state index contributed by atoms with van der Waals surface area (Å²) in [4.78, 5) is 24.8. The molecule has 3 N–H and O–H groups in total. The summed E-state index contributed by atoms with van der Waals surface area (Å²) in [6.45, 7) is 2.05. The van der Waals surface area contributed by atoms with Crippen LogP contribution < -0.4 is 15.8 Å². The van der Waals surface area contributed by atoms with Crippen LogP contribution in [0.1, 0.15) is 6.92 Å². The zero-order valence-electron chi connectivity index (χ0n) is 12.2. The van der Waals surface area contributed by atoms with Crippen molar-refractivity contribution in [2.75, 3.05) is 26.7 Å². The van der Waals surface area contributed by atoms with Crippen molar-refractivity contribution in [1.29, 1.82) is 0 Å². The molecule has 118 valence electrons. The number of ether oxygens (including phenoxy) is 1. The topological polar surface area (TPSA) is 84.7 Å². The number of hydrogen-bond donors (Lipinski definition) is 2. The van der Waals surface area contributed by atoms with E-state index in [1.807, 2.05) is 25.1 Å². The standard InChI is InChI=1S/C14H21N3O3.ClH/c1-11(8-15)17(2)14(19)9-16-13(18)10-20-12-6-4-3-5-7-12;/h3-7,11H,8-10,15H2,1-2H3,(H,16,18);1H. The Balaban J connectivity index is 0.00000400. The first-order valence-electron chi connectivity index (χ1n) is 6.45. The Morgan fingerprint density at radius 1 is 1.33 bits per heavy atom. The van der Waals surface area contributed by atoms with Gasteiger partial charge in [-0.15, -0.1) is 12.4 Å². The fourth-order valence-corrected chi connectivity index (χ4v) is 1.42. The lowest BCUT2D eigenvalue weighted by atomic mass is 10.3. The lowest BCUT2D eigenvalue weighted by Crippen LogP contribution is -2.45. The normalized spacial score (nSPS) is 11.0. The molecule has 0 saturated carbocycles. The molecule has 0 bridgehead atoms. The van der Waals surface area contributed by atoms with Crippen LogP contribution in [0, 0.1) is 0 Å². The quantitative estimate of drug-likeness (QED) is 0.763. The number of rotatable bonds is 7. The molecule has 0 heterocycles. The van der Waals surface area contributed by atoms with Gasteiger partial charge in [0.05, 0.1) is 6.54 Å². The maximum absolute atomic E-state index is 11.7. The minimum Gasteiger partial charge on any atom is -0.484 e. The average molecular weight is 316 g/mol. The van der Waals surface area contributed by atoms with Crippen LogP contribution in [-0.4, -0.2) is 49.5 Å². The molecular weight excluding hydrogens is 294 g/mol. The number of carbonyl (C=O) groups is 2. The molecule has 0 aliphatic carbocycles. The number of likely N-dealkylation sites (N-methyl/N-ethyl adjacent to an activating group) is 1. The van der Waals surface area contributed by atoms with Crippen molar-refractivity contribution in [3.05, 3.63) is 30.3 Å². The molecule has 0 spiro atoms. The molecule has 21 heavy (non-hydrogen) atoms. The molecule has 6 nitrogen and oxygen atoms in total. The molecule has 0 aliphatic heterocycles. The number of nitrogens with zero attached hydrogens (tertiary/aromatic N) is 1. The Morgan fingerprint density at radius 3 is 2.52 bits per heavy atom. The number of para-hydroxylation sites is 1. The summed E-state index contributed by atoms with van der Waals surface area (Å²) in [6.07, 6.45) is 0. The predicted octanol–water partition coefficient (Wildman–Crippen LogP) is 0.409. The van der Waals surface area contributed by atoms with Gasteiger partial charge in [-0.2, -0.15) is 0 Å². The third kappa shape index (κ3) is 6.97. The molecule has 1 rings (SSSR count). The van der Waals surface area contributed by atoms with E-state index < -0.39 is 0 Å². The Kier molecular flexibility index (Phi) is 9.16. The second kappa shape index (κ2) is 10.0. The summed E-state index contributed by atoms with van der Waals surface area (Å²) in [7, 11) is 1.66. The van der Waals surface area contributed by atoms with Crippen LogP contribution in [0.3, 0.4) is 0 Å². The molecule has 0 aromatic heterocycles. The summed E-state index contributed by atoms with van der Waals surface area (Å²) in [6, 6.07) is 8.96. The zero-order valence-corrected chi connectivity index (χ0v) is 13.1. The van der Waals surface area contributed by atoms with Gasteiger partial charge in [-0.25, -0.2) is 0 Å². The van der Waals surface area contributed by atoms with Crippen LogP contribution in [0.5, 0.6) is 5.75 Å². The summed E-state index contributed by atoms with van der Waals surface area (Å²) in [5.41, 5.74) is 5.48. The van der Waals surface area contributed by atoms with Crippen molar-refractivity contribution in [2.45, 2.75) is 13.0 Å². The van der Waals surface area contributed by atoms with Gasteiger partial charge in [0, 0.05) is 19.6 Å². The van der Waals surface area contributed by atoms with Crippen molar-refractivity contribution in [3.8, 4) is 5.75 Å². The Hall–Kier alpha value is -1.79. The Bertz CT molecular complexity index is 442. The minimum absolute atomic E-state index is 0. The molecule has 1 atom stereocenters. The second-order valence-corrected chi connectivity index (χ2v) is 4.47. The van der Waals surface area contributed by atoms with Crippen LogP contribution in [0.2, 0.25) is 0 Å². The first-order chi connectivity index (χ1) is 9.54. The highest BCUT2D eigenvalue weighted by atomic mass is 35.5. The van der Waals surface area contributed by atoms with Gasteiger partial charge in [0.1, 0.15) is 5.75 Å². The Labute approximate surface area is 131 Å². The van der Waals surface area contributed by atoms with Gasteiger partial charge in [-0.05, 0) is 19.1 Å². The van der Waals surface area contributed by atoms with Crippen molar-refractivity contribution < 1.29 is 14.3 Å². The van der Waals surface area contributed by atoms with Crippen LogP contribution >= 0.6 is 12.4 Å². The first-order valence-corrected chi connectivity index (χ1v) is 6.45. The van der Waals surface area contributed by atoms with E-state index in [0.717, 1.165) is 0 Å². The fourth-order valence-electron chi connectivity index (χ4n) is 1.42. The van der Waals surface area contributed by atoms with E-state index in [-0.39, 0.29) is 43.4 Å². The average Bonchev–Trinajstić information content (AvgIpc) is 2.49. The zero-order chi connectivity index (χ0) is 15.0. The summed E-state index contributed by atoms with van der Waals surface area (Å²) in [5.74, 6) is 0.0925. The van der Waals surface area contributed by atoms with Gasteiger partial charge in [0.15, 0.2) is 6.61 Å². The van der Waals surface area contributed by atoms with Crippen molar-refractivity contribution in [3.63, 3.8) is 0 Å². The number of hydrogen-bond acceptors (Lipinski definition) is 4. The highest BCUT2D eigenvalue weighted by Gasteiger charge is 2.15.